The quantitative estimate of drug-likeness (QED) is 0.231. The normalized spacial score (nSPS) is 21.7. The number of aromatic nitrogens is 1. The molecule has 5 heteroatoms. The van der Waals surface area contributed by atoms with Crippen molar-refractivity contribution in [3.8, 4) is 0 Å². The van der Waals surface area contributed by atoms with Gasteiger partial charge < -0.3 is 9.47 Å². The molecule has 4 atom stereocenters. The van der Waals surface area contributed by atoms with Crippen LogP contribution in [0.3, 0.4) is 0 Å². The van der Waals surface area contributed by atoms with Crippen molar-refractivity contribution in [1.29, 1.82) is 0 Å². The second-order valence-corrected chi connectivity index (χ2v) is 9.88. The van der Waals surface area contributed by atoms with Crippen LogP contribution in [0.15, 0.2) is 150 Å². The average molecular weight is 522 g/mol. The third kappa shape index (κ3) is 4.56. The SMILES string of the molecule is c1ccc([C@H]2OC(c3cccnc3C3=N[C@@H](c4ccccc4)[C@@H](c4ccccc4)O3)=N[C@H]2c2ccccc2)cc1. The van der Waals surface area contributed by atoms with Crippen molar-refractivity contribution in [2.24, 2.45) is 9.98 Å². The molecule has 0 fully saturated rings. The van der Waals surface area contributed by atoms with E-state index in [1.54, 1.807) is 6.20 Å². The highest BCUT2D eigenvalue weighted by Crippen LogP contribution is 2.43. The predicted molar refractivity (Wildman–Crippen MR) is 156 cm³/mol. The highest BCUT2D eigenvalue weighted by Gasteiger charge is 2.38. The Bertz CT molecular complexity index is 1530. The summed E-state index contributed by atoms with van der Waals surface area (Å²) in [5.41, 5.74) is 5.71. The van der Waals surface area contributed by atoms with Gasteiger partial charge in [-0.2, -0.15) is 0 Å². The molecule has 2 aliphatic rings. The molecule has 4 aromatic carbocycles. The van der Waals surface area contributed by atoms with Gasteiger partial charge in [-0.25, -0.2) is 9.98 Å². The monoisotopic (exact) mass is 521 g/mol. The van der Waals surface area contributed by atoms with E-state index in [0.717, 1.165) is 27.8 Å². The van der Waals surface area contributed by atoms with Gasteiger partial charge >= 0.3 is 0 Å². The lowest BCUT2D eigenvalue weighted by Crippen LogP contribution is -2.15. The van der Waals surface area contributed by atoms with Crippen molar-refractivity contribution in [3.05, 3.63) is 173 Å². The van der Waals surface area contributed by atoms with Crippen LogP contribution in [-0.2, 0) is 9.47 Å². The fraction of sp³-hybridized carbons (Fsp3) is 0.114. The first-order valence-corrected chi connectivity index (χ1v) is 13.5. The van der Waals surface area contributed by atoms with E-state index in [1.807, 2.05) is 84.9 Å². The molecule has 0 amide bonds. The molecule has 194 valence electrons. The first-order valence-electron chi connectivity index (χ1n) is 13.5. The van der Waals surface area contributed by atoms with Crippen molar-refractivity contribution in [3.63, 3.8) is 0 Å². The number of benzene rings is 4. The zero-order valence-electron chi connectivity index (χ0n) is 21.7. The van der Waals surface area contributed by atoms with Gasteiger partial charge in [0.2, 0.25) is 11.8 Å². The Morgan fingerprint density at radius 3 is 1.35 bits per heavy atom. The molecule has 2 aliphatic heterocycles. The minimum Gasteiger partial charge on any atom is -0.467 e. The van der Waals surface area contributed by atoms with Gasteiger partial charge in [-0.1, -0.05) is 121 Å². The minimum absolute atomic E-state index is 0.188. The molecule has 0 radical (unpaired) electrons. The maximum Gasteiger partial charge on any atom is 0.237 e. The van der Waals surface area contributed by atoms with Crippen LogP contribution in [0.4, 0.5) is 0 Å². The minimum atomic E-state index is -0.269. The van der Waals surface area contributed by atoms with Crippen LogP contribution in [0.1, 0.15) is 57.8 Å². The Hall–Kier alpha value is -5.03. The summed E-state index contributed by atoms with van der Waals surface area (Å²) in [4.78, 5) is 15.0. The molecule has 0 saturated heterocycles. The van der Waals surface area contributed by atoms with E-state index >= 15 is 0 Å². The molecule has 5 aromatic rings. The number of nitrogens with zero attached hydrogens (tertiary/aromatic N) is 3. The summed E-state index contributed by atoms with van der Waals surface area (Å²) in [6.45, 7) is 0. The van der Waals surface area contributed by atoms with Crippen LogP contribution in [0.25, 0.3) is 0 Å². The van der Waals surface area contributed by atoms with Crippen LogP contribution in [0, 0.1) is 0 Å². The lowest BCUT2D eigenvalue weighted by Gasteiger charge is -2.19. The maximum atomic E-state index is 6.62. The van der Waals surface area contributed by atoms with E-state index in [4.69, 9.17) is 24.4 Å². The summed E-state index contributed by atoms with van der Waals surface area (Å²) in [7, 11) is 0. The summed E-state index contributed by atoms with van der Waals surface area (Å²) < 4.78 is 13.2. The van der Waals surface area contributed by atoms with Gasteiger partial charge in [0.25, 0.3) is 0 Å². The number of ether oxygens (including phenoxy) is 2. The fourth-order valence-corrected chi connectivity index (χ4v) is 5.40. The third-order valence-corrected chi connectivity index (χ3v) is 7.34. The summed E-state index contributed by atoms with van der Waals surface area (Å²) in [6, 6.07) is 44.5. The lowest BCUT2D eigenvalue weighted by molar-refractivity contribution is 0.194. The Kier molecular flexibility index (Phi) is 6.38. The van der Waals surface area contributed by atoms with Crippen molar-refractivity contribution >= 4 is 11.8 Å². The fourth-order valence-electron chi connectivity index (χ4n) is 5.40. The van der Waals surface area contributed by atoms with E-state index < -0.39 is 0 Å². The second-order valence-electron chi connectivity index (χ2n) is 9.88. The van der Waals surface area contributed by atoms with Crippen molar-refractivity contribution in [1.82, 2.24) is 4.98 Å². The summed E-state index contributed by atoms with van der Waals surface area (Å²) in [5, 5.41) is 0. The standard InChI is InChI=1S/C35H27N3O2/c1-5-14-24(15-6-1)29-32(26-18-9-3-10-19-26)39-34(37-29)28-22-13-23-36-31(28)35-38-30(25-16-7-2-8-17-25)33(40-35)27-20-11-4-12-21-27/h1-23,29-30,32-33H/t29-,30-,32+,33+/m0/s1. The van der Waals surface area contributed by atoms with E-state index in [2.05, 4.69) is 48.5 Å². The first kappa shape index (κ1) is 24.0. The van der Waals surface area contributed by atoms with Gasteiger partial charge in [0, 0.05) is 6.20 Å². The average Bonchev–Trinajstić information content (AvgIpc) is 3.69. The van der Waals surface area contributed by atoms with Gasteiger partial charge in [-0.15, -0.1) is 0 Å². The molecular weight excluding hydrogens is 494 g/mol. The van der Waals surface area contributed by atoms with Crippen LogP contribution in [0.2, 0.25) is 0 Å². The van der Waals surface area contributed by atoms with Gasteiger partial charge in [0.05, 0.1) is 5.56 Å². The Morgan fingerprint density at radius 2 is 0.850 bits per heavy atom. The van der Waals surface area contributed by atoms with Crippen LogP contribution in [-0.4, -0.2) is 16.8 Å². The third-order valence-electron chi connectivity index (χ3n) is 7.34. The van der Waals surface area contributed by atoms with E-state index in [1.165, 1.54) is 0 Å². The van der Waals surface area contributed by atoms with Crippen molar-refractivity contribution < 1.29 is 9.47 Å². The Morgan fingerprint density at radius 1 is 0.425 bits per heavy atom. The summed E-state index contributed by atoms with van der Waals surface area (Å²) >= 11 is 0. The van der Waals surface area contributed by atoms with Crippen LogP contribution in [0.5, 0.6) is 0 Å². The van der Waals surface area contributed by atoms with Crippen LogP contribution >= 0.6 is 0 Å². The van der Waals surface area contributed by atoms with E-state index in [9.17, 15) is 0 Å². The number of hydrogen-bond acceptors (Lipinski definition) is 5. The molecule has 0 aliphatic carbocycles. The lowest BCUT2D eigenvalue weighted by atomic mass is 9.97. The van der Waals surface area contributed by atoms with Gasteiger partial charge in [0.1, 0.15) is 17.8 Å². The highest BCUT2D eigenvalue weighted by molar-refractivity contribution is 6.07. The van der Waals surface area contributed by atoms with E-state index in [0.29, 0.717) is 17.5 Å². The first-order chi connectivity index (χ1) is 19.8. The molecule has 0 N–H and O–H groups in total. The second kappa shape index (κ2) is 10.6. The van der Waals surface area contributed by atoms with Crippen LogP contribution < -0.4 is 0 Å². The topological polar surface area (TPSA) is 56.1 Å². The highest BCUT2D eigenvalue weighted by atomic mass is 16.5. The van der Waals surface area contributed by atoms with E-state index in [-0.39, 0.29) is 24.3 Å². The molecule has 0 bridgehead atoms. The van der Waals surface area contributed by atoms with Gasteiger partial charge in [0.15, 0.2) is 12.2 Å². The summed E-state index contributed by atoms with van der Waals surface area (Å²) in [6.07, 6.45) is 1.23. The smallest absolute Gasteiger partial charge is 0.237 e. The zero-order chi connectivity index (χ0) is 26.7. The molecule has 0 unspecified atom stereocenters. The van der Waals surface area contributed by atoms with Gasteiger partial charge in [-0.3, -0.25) is 4.98 Å². The Labute approximate surface area is 233 Å². The van der Waals surface area contributed by atoms with Crippen molar-refractivity contribution in [2.45, 2.75) is 24.3 Å². The molecule has 0 spiro atoms. The van der Waals surface area contributed by atoms with Gasteiger partial charge in [-0.05, 0) is 34.4 Å². The number of hydrogen-bond donors (Lipinski definition) is 0. The van der Waals surface area contributed by atoms with Crippen molar-refractivity contribution in [2.75, 3.05) is 0 Å². The molecule has 1 aromatic heterocycles. The molecule has 5 nitrogen and oxygen atoms in total. The molecule has 0 saturated carbocycles. The number of rotatable bonds is 6. The number of pyridine rings is 1. The molecule has 3 heterocycles. The molecular formula is C35H27N3O2. The largest absolute Gasteiger partial charge is 0.467 e. The molecule has 40 heavy (non-hydrogen) atoms. The maximum absolute atomic E-state index is 6.62. The zero-order valence-corrected chi connectivity index (χ0v) is 21.7. The summed E-state index contributed by atoms with van der Waals surface area (Å²) in [5.74, 6) is 1.03. The Balaban J connectivity index is 1.29. The number of aliphatic imine (C=N–C) groups is 2. The predicted octanol–water partition coefficient (Wildman–Crippen LogP) is 7.60. The molecule has 7 rings (SSSR count).